The second-order valence-electron chi connectivity index (χ2n) is 3.87. The fourth-order valence-electron chi connectivity index (χ4n) is 1.88. The average Bonchev–Trinajstić information content (AvgIpc) is 2.52. The van der Waals surface area contributed by atoms with E-state index in [9.17, 15) is 9.90 Å². The third-order valence-corrected chi connectivity index (χ3v) is 2.68. The summed E-state index contributed by atoms with van der Waals surface area (Å²) < 4.78 is 0. The van der Waals surface area contributed by atoms with E-state index in [2.05, 4.69) is 10.5 Å². The van der Waals surface area contributed by atoms with Crippen LogP contribution in [0.3, 0.4) is 0 Å². The van der Waals surface area contributed by atoms with Crippen molar-refractivity contribution in [2.75, 3.05) is 5.32 Å². The number of hydrogen-bond donors (Lipinski definition) is 3. The summed E-state index contributed by atoms with van der Waals surface area (Å²) in [5.74, 6) is -0.489. The highest BCUT2D eigenvalue weighted by Crippen LogP contribution is 2.38. The van der Waals surface area contributed by atoms with Crippen LogP contribution in [0.1, 0.15) is 18.9 Å². The van der Waals surface area contributed by atoms with E-state index in [0.29, 0.717) is 17.0 Å². The fraction of sp³-hybridized carbons (Fsp3) is 0.273. The van der Waals surface area contributed by atoms with Crippen LogP contribution in [0.25, 0.3) is 0 Å². The molecular weight excluding hydrogens is 208 g/mol. The number of rotatable bonds is 2. The van der Waals surface area contributed by atoms with Crippen LogP contribution >= 0.6 is 0 Å². The summed E-state index contributed by atoms with van der Waals surface area (Å²) in [6, 6.07) is 6.92. The van der Waals surface area contributed by atoms with Gasteiger partial charge in [0.05, 0.1) is 5.71 Å². The highest BCUT2D eigenvalue weighted by Gasteiger charge is 2.45. The van der Waals surface area contributed by atoms with Gasteiger partial charge in [0.15, 0.2) is 5.60 Å². The Morgan fingerprint density at radius 2 is 2.19 bits per heavy atom. The normalized spacial score (nSPS) is 24.1. The first-order valence-electron chi connectivity index (χ1n) is 4.89. The molecule has 0 unspecified atom stereocenters. The van der Waals surface area contributed by atoms with Gasteiger partial charge in [-0.2, -0.15) is 0 Å². The molecule has 1 aliphatic rings. The number of nitrogens with zero attached hydrogens (tertiary/aromatic N) is 1. The van der Waals surface area contributed by atoms with Crippen molar-refractivity contribution in [3.63, 3.8) is 0 Å². The number of aliphatic hydroxyl groups is 1. The Hall–Kier alpha value is -1.88. The maximum Gasteiger partial charge on any atom is 0.261 e. The van der Waals surface area contributed by atoms with Crippen molar-refractivity contribution in [2.45, 2.75) is 18.9 Å². The number of anilines is 1. The molecule has 0 saturated carbocycles. The number of carbonyl (C=O) groups is 1. The molecule has 1 aromatic carbocycles. The maximum absolute atomic E-state index is 11.7. The van der Waals surface area contributed by atoms with Crippen molar-refractivity contribution < 1.29 is 15.1 Å². The lowest BCUT2D eigenvalue weighted by Crippen LogP contribution is -2.36. The molecule has 0 radical (unpaired) electrons. The summed E-state index contributed by atoms with van der Waals surface area (Å²) in [6.45, 7) is 1.55. The molecule has 2 rings (SSSR count). The molecule has 1 aromatic rings. The minimum Gasteiger partial charge on any atom is -0.411 e. The summed E-state index contributed by atoms with van der Waals surface area (Å²) >= 11 is 0. The SMILES string of the molecule is C/C(C[C@@]1(O)C(=O)Nc2ccccc21)=N\O. The van der Waals surface area contributed by atoms with E-state index in [1.807, 2.05) is 0 Å². The zero-order chi connectivity index (χ0) is 11.8. The molecule has 1 aliphatic heterocycles. The summed E-state index contributed by atoms with van der Waals surface area (Å²) in [5.41, 5.74) is -0.217. The minimum atomic E-state index is -1.63. The zero-order valence-corrected chi connectivity index (χ0v) is 8.77. The Morgan fingerprint density at radius 3 is 2.88 bits per heavy atom. The molecule has 1 amide bonds. The van der Waals surface area contributed by atoms with Crippen LogP contribution in [0.4, 0.5) is 5.69 Å². The Labute approximate surface area is 92.4 Å². The molecule has 16 heavy (non-hydrogen) atoms. The summed E-state index contributed by atoms with van der Waals surface area (Å²) in [7, 11) is 0. The zero-order valence-electron chi connectivity index (χ0n) is 8.77. The van der Waals surface area contributed by atoms with Gasteiger partial charge in [-0.05, 0) is 13.0 Å². The van der Waals surface area contributed by atoms with Crippen LogP contribution in [0.2, 0.25) is 0 Å². The molecule has 0 spiro atoms. The molecular formula is C11H12N2O3. The molecule has 84 valence electrons. The van der Waals surface area contributed by atoms with Gasteiger partial charge >= 0.3 is 0 Å². The molecule has 3 N–H and O–H groups in total. The predicted molar refractivity (Wildman–Crippen MR) is 58.5 cm³/mol. The van der Waals surface area contributed by atoms with Crippen LogP contribution in [0.15, 0.2) is 29.4 Å². The van der Waals surface area contributed by atoms with Crippen LogP contribution in [0.5, 0.6) is 0 Å². The van der Waals surface area contributed by atoms with Crippen molar-refractivity contribution >= 4 is 17.3 Å². The average molecular weight is 220 g/mol. The largest absolute Gasteiger partial charge is 0.411 e. The number of fused-ring (bicyclic) bond motifs is 1. The van der Waals surface area contributed by atoms with Gasteiger partial charge in [-0.15, -0.1) is 0 Å². The standard InChI is InChI=1S/C11H12N2O3/c1-7(13-16)6-11(15)8-4-2-3-5-9(8)12-10(11)14/h2-5,15-16H,6H2,1H3,(H,12,14)/b13-7+/t11-/m0/s1. The number of oxime groups is 1. The van der Waals surface area contributed by atoms with Crippen molar-refractivity contribution in [3.05, 3.63) is 29.8 Å². The van der Waals surface area contributed by atoms with E-state index < -0.39 is 11.5 Å². The lowest BCUT2D eigenvalue weighted by Gasteiger charge is -2.19. The van der Waals surface area contributed by atoms with Crippen LogP contribution in [-0.4, -0.2) is 21.9 Å². The van der Waals surface area contributed by atoms with Crippen molar-refractivity contribution in [3.8, 4) is 0 Å². The van der Waals surface area contributed by atoms with Crippen molar-refractivity contribution in [1.82, 2.24) is 0 Å². The molecule has 1 atom stereocenters. The number of amides is 1. The highest BCUT2D eigenvalue weighted by molar-refractivity contribution is 6.07. The lowest BCUT2D eigenvalue weighted by molar-refractivity contribution is -0.132. The van der Waals surface area contributed by atoms with Gasteiger partial charge in [-0.1, -0.05) is 23.4 Å². The van der Waals surface area contributed by atoms with Gasteiger partial charge in [0.1, 0.15) is 0 Å². The molecule has 0 aliphatic carbocycles. The van der Waals surface area contributed by atoms with E-state index >= 15 is 0 Å². The van der Waals surface area contributed by atoms with E-state index in [4.69, 9.17) is 5.21 Å². The van der Waals surface area contributed by atoms with Gasteiger partial charge in [0.25, 0.3) is 5.91 Å². The topological polar surface area (TPSA) is 81.9 Å². The van der Waals surface area contributed by atoms with Crippen molar-refractivity contribution in [1.29, 1.82) is 0 Å². The first-order valence-corrected chi connectivity index (χ1v) is 4.89. The quantitative estimate of drug-likeness (QED) is 0.396. The monoisotopic (exact) mass is 220 g/mol. The first kappa shape index (κ1) is 10.6. The highest BCUT2D eigenvalue weighted by atomic mass is 16.4. The summed E-state index contributed by atoms with van der Waals surface area (Å²) in [6.07, 6.45) is -0.0215. The first-order chi connectivity index (χ1) is 7.58. The summed E-state index contributed by atoms with van der Waals surface area (Å²) in [4.78, 5) is 11.7. The van der Waals surface area contributed by atoms with Gasteiger partial charge in [0.2, 0.25) is 0 Å². The number of hydrogen-bond acceptors (Lipinski definition) is 4. The Bertz CT molecular complexity index is 470. The van der Waals surface area contributed by atoms with E-state index in [-0.39, 0.29) is 6.42 Å². The lowest BCUT2D eigenvalue weighted by atomic mass is 9.90. The molecule has 0 saturated heterocycles. The maximum atomic E-state index is 11.7. The number of para-hydroxylation sites is 1. The fourth-order valence-corrected chi connectivity index (χ4v) is 1.88. The van der Waals surface area contributed by atoms with Gasteiger partial charge in [0, 0.05) is 17.7 Å². The second-order valence-corrected chi connectivity index (χ2v) is 3.87. The van der Waals surface area contributed by atoms with E-state index in [0.717, 1.165) is 0 Å². The van der Waals surface area contributed by atoms with Gasteiger partial charge in [-0.25, -0.2) is 0 Å². The number of benzene rings is 1. The van der Waals surface area contributed by atoms with Crippen LogP contribution in [0, 0.1) is 0 Å². The molecule has 5 nitrogen and oxygen atoms in total. The summed E-state index contributed by atoms with van der Waals surface area (Å²) in [5, 5.41) is 24.5. The molecule has 1 heterocycles. The van der Waals surface area contributed by atoms with E-state index in [1.54, 1.807) is 31.2 Å². The van der Waals surface area contributed by atoms with Gasteiger partial charge in [-0.3, -0.25) is 4.79 Å². The van der Waals surface area contributed by atoms with E-state index in [1.165, 1.54) is 0 Å². The second kappa shape index (κ2) is 3.61. The molecule has 0 fully saturated rings. The third kappa shape index (κ3) is 1.45. The number of nitrogens with one attached hydrogen (secondary N) is 1. The predicted octanol–water partition coefficient (Wildman–Crippen LogP) is 1.07. The Morgan fingerprint density at radius 1 is 1.50 bits per heavy atom. The smallest absolute Gasteiger partial charge is 0.261 e. The minimum absolute atomic E-state index is 0.0215. The third-order valence-electron chi connectivity index (χ3n) is 2.68. The van der Waals surface area contributed by atoms with Crippen molar-refractivity contribution in [2.24, 2.45) is 5.16 Å². The Balaban J connectivity index is 2.44. The molecule has 0 bridgehead atoms. The molecule has 0 aromatic heterocycles. The number of carbonyl (C=O) groups excluding carboxylic acids is 1. The Kier molecular flexibility index (Phi) is 2.40. The van der Waals surface area contributed by atoms with Crippen LogP contribution in [-0.2, 0) is 10.4 Å². The van der Waals surface area contributed by atoms with Crippen LogP contribution < -0.4 is 5.32 Å². The van der Waals surface area contributed by atoms with Gasteiger partial charge < -0.3 is 15.6 Å². The molecule has 5 heteroatoms.